The van der Waals surface area contributed by atoms with Crippen molar-refractivity contribution in [3.63, 3.8) is 0 Å². The highest BCUT2D eigenvalue weighted by Crippen LogP contribution is 2.07. The maximum absolute atomic E-state index is 12.2. The van der Waals surface area contributed by atoms with Crippen molar-refractivity contribution >= 4 is 0 Å². The molecule has 0 fully saturated rings. The SMILES string of the molecule is C=C(F)/C=C(C)/C=C(\C)CC. The topological polar surface area (TPSA) is 0 Å². The average molecular weight is 154 g/mol. The van der Waals surface area contributed by atoms with Crippen molar-refractivity contribution in [3.8, 4) is 0 Å². The van der Waals surface area contributed by atoms with Crippen LogP contribution in [0, 0.1) is 0 Å². The summed E-state index contributed by atoms with van der Waals surface area (Å²) in [5.74, 6) is -0.386. The zero-order valence-corrected chi connectivity index (χ0v) is 7.45. The quantitative estimate of drug-likeness (QED) is 0.543. The van der Waals surface area contributed by atoms with Gasteiger partial charge in [-0.15, -0.1) is 0 Å². The summed E-state index contributed by atoms with van der Waals surface area (Å²) < 4.78 is 12.2. The van der Waals surface area contributed by atoms with E-state index in [2.05, 4.69) is 13.5 Å². The van der Waals surface area contributed by atoms with Crippen LogP contribution in [0.5, 0.6) is 0 Å². The number of rotatable bonds is 3. The third-order valence-electron chi connectivity index (χ3n) is 1.42. The zero-order valence-electron chi connectivity index (χ0n) is 7.45. The Morgan fingerprint density at radius 2 is 1.91 bits per heavy atom. The minimum atomic E-state index is -0.386. The van der Waals surface area contributed by atoms with Gasteiger partial charge in [-0.3, -0.25) is 0 Å². The second-order valence-electron chi connectivity index (χ2n) is 2.68. The van der Waals surface area contributed by atoms with E-state index in [0.29, 0.717) is 0 Å². The van der Waals surface area contributed by atoms with Crippen molar-refractivity contribution in [2.24, 2.45) is 0 Å². The van der Waals surface area contributed by atoms with E-state index in [4.69, 9.17) is 0 Å². The highest BCUT2D eigenvalue weighted by Gasteiger charge is 1.87. The molecular weight excluding hydrogens is 139 g/mol. The maximum atomic E-state index is 12.2. The molecule has 0 aliphatic heterocycles. The second kappa shape index (κ2) is 4.89. The summed E-state index contributed by atoms with van der Waals surface area (Å²) in [7, 11) is 0. The van der Waals surface area contributed by atoms with E-state index in [-0.39, 0.29) is 5.83 Å². The lowest BCUT2D eigenvalue weighted by Gasteiger charge is -1.95. The highest BCUT2D eigenvalue weighted by atomic mass is 19.1. The summed E-state index contributed by atoms with van der Waals surface area (Å²) >= 11 is 0. The first-order valence-electron chi connectivity index (χ1n) is 3.76. The molecule has 0 heterocycles. The van der Waals surface area contributed by atoms with Gasteiger partial charge in [0.15, 0.2) is 0 Å². The molecule has 0 saturated heterocycles. The Morgan fingerprint density at radius 3 is 2.27 bits per heavy atom. The number of allylic oxidation sites excluding steroid dienone is 5. The van der Waals surface area contributed by atoms with E-state index >= 15 is 0 Å². The first-order valence-corrected chi connectivity index (χ1v) is 3.76. The van der Waals surface area contributed by atoms with Crippen LogP contribution in [0.3, 0.4) is 0 Å². The van der Waals surface area contributed by atoms with Crippen LogP contribution in [-0.4, -0.2) is 0 Å². The number of halogens is 1. The summed E-state index contributed by atoms with van der Waals surface area (Å²) in [4.78, 5) is 0. The Balaban J connectivity index is 4.26. The molecule has 0 atom stereocenters. The Hall–Kier alpha value is -0.850. The molecule has 11 heavy (non-hydrogen) atoms. The summed E-state index contributed by atoms with van der Waals surface area (Å²) in [5, 5.41) is 0. The highest BCUT2D eigenvalue weighted by molar-refractivity contribution is 5.26. The van der Waals surface area contributed by atoms with E-state index in [1.54, 1.807) is 0 Å². The molecule has 62 valence electrons. The third kappa shape index (κ3) is 5.59. The van der Waals surface area contributed by atoms with Crippen LogP contribution in [-0.2, 0) is 0 Å². The largest absolute Gasteiger partial charge is 0.208 e. The molecule has 0 aromatic heterocycles. The van der Waals surface area contributed by atoms with Crippen molar-refractivity contribution in [1.82, 2.24) is 0 Å². The lowest BCUT2D eigenvalue weighted by molar-refractivity contribution is 0.670. The molecule has 0 unspecified atom stereocenters. The van der Waals surface area contributed by atoms with Crippen LogP contribution >= 0.6 is 0 Å². The van der Waals surface area contributed by atoms with Gasteiger partial charge in [0.05, 0.1) is 0 Å². The first kappa shape index (κ1) is 10.2. The average Bonchev–Trinajstić information content (AvgIpc) is 1.85. The third-order valence-corrected chi connectivity index (χ3v) is 1.42. The Labute approximate surface area is 68.1 Å². The fourth-order valence-electron chi connectivity index (χ4n) is 0.779. The van der Waals surface area contributed by atoms with Gasteiger partial charge in [-0.25, -0.2) is 4.39 Å². The van der Waals surface area contributed by atoms with E-state index in [1.807, 2.05) is 19.9 Å². The van der Waals surface area contributed by atoms with Gasteiger partial charge in [-0.1, -0.05) is 25.2 Å². The predicted molar refractivity (Wildman–Crippen MR) is 48.1 cm³/mol. The predicted octanol–water partition coefficient (Wildman–Crippen LogP) is 3.77. The van der Waals surface area contributed by atoms with Crippen LogP contribution in [0.1, 0.15) is 27.2 Å². The molecule has 0 saturated carbocycles. The van der Waals surface area contributed by atoms with E-state index in [9.17, 15) is 4.39 Å². The number of hydrogen-bond donors (Lipinski definition) is 0. The molecule has 0 aromatic carbocycles. The molecule has 0 aliphatic carbocycles. The molecule has 0 N–H and O–H groups in total. The van der Waals surface area contributed by atoms with Crippen molar-refractivity contribution in [2.45, 2.75) is 27.2 Å². The molecule has 0 amide bonds. The fraction of sp³-hybridized carbons (Fsp3) is 0.400. The Kier molecular flexibility index (Phi) is 4.51. The lowest BCUT2D eigenvalue weighted by atomic mass is 10.1. The Bertz CT molecular complexity index is 197. The molecule has 0 nitrogen and oxygen atoms in total. The normalized spacial score (nSPS) is 13.5. The van der Waals surface area contributed by atoms with Crippen LogP contribution in [0.4, 0.5) is 4.39 Å². The van der Waals surface area contributed by atoms with Crippen molar-refractivity contribution < 1.29 is 4.39 Å². The molecule has 0 spiro atoms. The monoisotopic (exact) mass is 154 g/mol. The Morgan fingerprint density at radius 1 is 1.36 bits per heavy atom. The van der Waals surface area contributed by atoms with Crippen LogP contribution in [0.25, 0.3) is 0 Å². The van der Waals surface area contributed by atoms with Crippen LogP contribution in [0.15, 0.2) is 35.7 Å². The molecular formula is C10H15F. The van der Waals surface area contributed by atoms with Gasteiger partial charge in [0, 0.05) is 0 Å². The van der Waals surface area contributed by atoms with Crippen molar-refractivity contribution in [1.29, 1.82) is 0 Å². The molecule has 0 aromatic rings. The van der Waals surface area contributed by atoms with Gasteiger partial charge in [0.1, 0.15) is 5.83 Å². The second-order valence-corrected chi connectivity index (χ2v) is 2.68. The summed E-state index contributed by atoms with van der Waals surface area (Å²) in [6.07, 6.45) is 4.40. The van der Waals surface area contributed by atoms with E-state index < -0.39 is 0 Å². The van der Waals surface area contributed by atoms with Gasteiger partial charge in [-0.05, 0) is 31.9 Å². The molecule has 0 bridgehead atoms. The molecule has 0 rings (SSSR count). The minimum absolute atomic E-state index is 0.386. The van der Waals surface area contributed by atoms with Gasteiger partial charge < -0.3 is 0 Å². The van der Waals surface area contributed by atoms with Crippen LogP contribution in [0.2, 0.25) is 0 Å². The fourth-order valence-corrected chi connectivity index (χ4v) is 0.779. The zero-order chi connectivity index (χ0) is 8.85. The van der Waals surface area contributed by atoms with Gasteiger partial charge in [0.2, 0.25) is 0 Å². The molecule has 0 radical (unpaired) electrons. The summed E-state index contributed by atoms with van der Waals surface area (Å²) in [6.45, 7) is 9.12. The van der Waals surface area contributed by atoms with E-state index in [1.165, 1.54) is 11.6 Å². The number of hydrogen-bond acceptors (Lipinski definition) is 0. The standard InChI is InChI=1S/C10H15F/c1-5-8(2)6-9(3)7-10(4)11/h6-7H,4-5H2,1-3H3/b8-6+,9-7+. The summed E-state index contributed by atoms with van der Waals surface area (Å²) in [5.41, 5.74) is 2.16. The first-order chi connectivity index (χ1) is 5.06. The minimum Gasteiger partial charge on any atom is -0.208 e. The molecule has 0 aliphatic rings. The van der Waals surface area contributed by atoms with Gasteiger partial charge >= 0.3 is 0 Å². The van der Waals surface area contributed by atoms with Gasteiger partial charge in [-0.2, -0.15) is 0 Å². The lowest BCUT2D eigenvalue weighted by Crippen LogP contribution is -1.74. The van der Waals surface area contributed by atoms with Crippen molar-refractivity contribution in [2.75, 3.05) is 0 Å². The van der Waals surface area contributed by atoms with E-state index in [0.717, 1.165) is 12.0 Å². The molecule has 1 heteroatoms. The summed E-state index contributed by atoms with van der Waals surface area (Å²) in [6, 6.07) is 0. The van der Waals surface area contributed by atoms with Crippen molar-refractivity contribution in [3.05, 3.63) is 35.7 Å². The maximum Gasteiger partial charge on any atom is 0.116 e. The smallest absolute Gasteiger partial charge is 0.116 e. The van der Waals surface area contributed by atoms with Gasteiger partial charge in [0.25, 0.3) is 0 Å². The van der Waals surface area contributed by atoms with Crippen LogP contribution < -0.4 is 0 Å².